The third-order valence-electron chi connectivity index (χ3n) is 2.10. The van der Waals surface area contributed by atoms with Crippen LogP contribution in [0.3, 0.4) is 0 Å². The molecule has 0 bridgehead atoms. The highest BCUT2D eigenvalue weighted by molar-refractivity contribution is 5.18. The molecule has 0 aromatic carbocycles. The van der Waals surface area contributed by atoms with Crippen molar-refractivity contribution >= 4 is 0 Å². The van der Waals surface area contributed by atoms with Gasteiger partial charge in [-0.05, 0) is 12.1 Å². The normalized spacial score (nSPS) is 11.3. The summed E-state index contributed by atoms with van der Waals surface area (Å²) in [6.07, 6.45) is 0. The van der Waals surface area contributed by atoms with E-state index in [1.54, 1.807) is 12.1 Å². The van der Waals surface area contributed by atoms with Gasteiger partial charge >= 0.3 is 0 Å². The van der Waals surface area contributed by atoms with Gasteiger partial charge in [0, 0.05) is 18.6 Å². The maximum Gasteiger partial charge on any atom is 0.203 e. The molecule has 0 radical (unpaired) electrons. The van der Waals surface area contributed by atoms with Gasteiger partial charge in [-0.1, -0.05) is 13.8 Å². The van der Waals surface area contributed by atoms with Crippen molar-refractivity contribution in [3.63, 3.8) is 0 Å². The van der Waals surface area contributed by atoms with Gasteiger partial charge in [-0.15, -0.1) is 0 Å². The summed E-state index contributed by atoms with van der Waals surface area (Å²) in [6.45, 7) is 5.37. The van der Waals surface area contributed by atoms with Crippen LogP contribution in [0.5, 0.6) is 0 Å². The van der Waals surface area contributed by atoms with E-state index in [0.29, 0.717) is 18.8 Å². The summed E-state index contributed by atoms with van der Waals surface area (Å²) in [4.78, 5) is 0. The Balaban J connectivity index is 2.35. The van der Waals surface area contributed by atoms with Crippen LogP contribution in [-0.4, -0.2) is 18.3 Å². The molecule has 15 heavy (non-hydrogen) atoms. The second kappa shape index (κ2) is 4.96. The molecule has 4 heteroatoms. The van der Waals surface area contributed by atoms with Gasteiger partial charge in [0.15, 0.2) is 0 Å². The van der Waals surface area contributed by atoms with Gasteiger partial charge < -0.3 is 14.8 Å². The maximum atomic E-state index is 9.03. The van der Waals surface area contributed by atoms with Crippen molar-refractivity contribution in [3.8, 4) is 6.07 Å². The van der Waals surface area contributed by atoms with Gasteiger partial charge in [0.1, 0.15) is 11.8 Å². The largest absolute Gasteiger partial charge is 0.449 e. The number of aliphatic hydroxyl groups excluding tert-OH is 1. The summed E-state index contributed by atoms with van der Waals surface area (Å²) < 4.78 is 5.20. The molecule has 0 spiro atoms. The van der Waals surface area contributed by atoms with E-state index in [2.05, 4.69) is 5.32 Å². The maximum absolute atomic E-state index is 9.03. The average Bonchev–Trinajstić information content (AvgIpc) is 2.66. The molecule has 82 valence electrons. The molecule has 1 aromatic rings. The van der Waals surface area contributed by atoms with Gasteiger partial charge in [-0.25, -0.2) is 0 Å². The minimum Gasteiger partial charge on any atom is -0.449 e. The number of hydrogen-bond donors (Lipinski definition) is 2. The zero-order chi connectivity index (χ0) is 11.3. The van der Waals surface area contributed by atoms with Crippen LogP contribution >= 0.6 is 0 Å². The number of rotatable bonds is 5. The molecule has 0 saturated heterocycles. The van der Waals surface area contributed by atoms with Gasteiger partial charge in [0.05, 0.1) is 6.54 Å². The quantitative estimate of drug-likeness (QED) is 0.764. The summed E-state index contributed by atoms with van der Waals surface area (Å²) in [5.74, 6) is 1.06. The van der Waals surface area contributed by atoms with Crippen LogP contribution in [0.2, 0.25) is 0 Å². The molecule has 0 aliphatic rings. The number of nitrogens with one attached hydrogen (secondary N) is 1. The Bertz CT molecular complexity index is 350. The SMILES string of the molecule is CC(C)(CO)CNCc1ccc(C#N)o1. The lowest BCUT2D eigenvalue weighted by Gasteiger charge is -2.21. The lowest BCUT2D eigenvalue weighted by atomic mass is 9.95. The first-order chi connectivity index (χ1) is 7.07. The Hall–Kier alpha value is -1.31. The molecule has 4 nitrogen and oxygen atoms in total. The Morgan fingerprint density at radius 3 is 2.80 bits per heavy atom. The van der Waals surface area contributed by atoms with Crippen LogP contribution in [0, 0.1) is 16.7 Å². The molecular weight excluding hydrogens is 192 g/mol. The molecule has 0 amide bonds. The highest BCUT2D eigenvalue weighted by Gasteiger charge is 2.15. The summed E-state index contributed by atoms with van der Waals surface area (Å²) >= 11 is 0. The van der Waals surface area contributed by atoms with E-state index in [9.17, 15) is 0 Å². The topological polar surface area (TPSA) is 69.2 Å². The van der Waals surface area contributed by atoms with Gasteiger partial charge in [0.2, 0.25) is 5.76 Å². The van der Waals surface area contributed by atoms with Crippen LogP contribution in [0.4, 0.5) is 0 Å². The number of hydrogen-bond acceptors (Lipinski definition) is 4. The summed E-state index contributed by atoms with van der Waals surface area (Å²) in [5, 5.41) is 20.7. The molecular formula is C11H16N2O2. The van der Waals surface area contributed by atoms with Gasteiger partial charge in [0.25, 0.3) is 0 Å². The third kappa shape index (κ3) is 3.74. The Kier molecular flexibility index (Phi) is 3.89. The fraction of sp³-hybridized carbons (Fsp3) is 0.545. The minimum atomic E-state index is -0.134. The first-order valence-corrected chi connectivity index (χ1v) is 4.88. The number of furan rings is 1. The standard InChI is InChI=1S/C11H16N2O2/c1-11(2,8-14)7-13-6-10-4-3-9(5-12)15-10/h3-4,13-14H,6-8H2,1-2H3. The molecule has 2 N–H and O–H groups in total. The second-order valence-electron chi connectivity index (χ2n) is 4.30. The van der Waals surface area contributed by atoms with Crippen LogP contribution in [0.25, 0.3) is 0 Å². The second-order valence-corrected chi connectivity index (χ2v) is 4.30. The molecule has 1 aromatic heterocycles. The number of nitrogens with zero attached hydrogens (tertiary/aromatic N) is 1. The monoisotopic (exact) mass is 208 g/mol. The summed E-state index contributed by atoms with van der Waals surface area (Å²) in [6, 6.07) is 5.35. The minimum absolute atomic E-state index is 0.134. The Labute approximate surface area is 89.5 Å². The third-order valence-corrected chi connectivity index (χ3v) is 2.10. The van der Waals surface area contributed by atoms with E-state index in [4.69, 9.17) is 14.8 Å². The molecule has 0 unspecified atom stereocenters. The van der Waals surface area contributed by atoms with Crippen LogP contribution < -0.4 is 5.32 Å². The average molecular weight is 208 g/mol. The highest BCUT2D eigenvalue weighted by atomic mass is 16.3. The lowest BCUT2D eigenvalue weighted by molar-refractivity contribution is 0.156. The summed E-state index contributed by atoms with van der Waals surface area (Å²) in [5.41, 5.74) is -0.134. The molecule has 0 aliphatic heterocycles. The van der Waals surface area contributed by atoms with Gasteiger partial charge in [-0.3, -0.25) is 0 Å². The smallest absolute Gasteiger partial charge is 0.203 e. The van der Waals surface area contributed by atoms with Crippen LogP contribution in [0.15, 0.2) is 16.5 Å². The van der Waals surface area contributed by atoms with Crippen molar-refractivity contribution in [1.82, 2.24) is 5.32 Å². The van der Waals surface area contributed by atoms with Crippen molar-refractivity contribution in [3.05, 3.63) is 23.7 Å². The molecule has 1 rings (SSSR count). The molecule has 0 saturated carbocycles. The summed E-state index contributed by atoms with van der Waals surface area (Å²) in [7, 11) is 0. The van der Waals surface area contributed by atoms with Crippen molar-refractivity contribution in [2.24, 2.45) is 5.41 Å². The lowest BCUT2D eigenvalue weighted by Crippen LogP contribution is -2.31. The van der Waals surface area contributed by atoms with E-state index in [0.717, 1.165) is 5.76 Å². The fourth-order valence-corrected chi connectivity index (χ4v) is 1.11. The van der Waals surface area contributed by atoms with Crippen molar-refractivity contribution in [1.29, 1.82) is 5.26 Å². The first-order valence-electron chi connectivity index (χ1n) is 4.88. The van der Waals surface area contributed by atoms with Crippen LogP contribution in [-0.2, 0) is 6.54 Å². The van der Waals surface area contributed by atoms with Crippen molar-refractivity contribution in [2.45, 2.75) is 20.4 Å². The number of aliphatic hydroxyl groups is 1. The van der Waals surface area contributed by atoms with Gasteiger partial charge in [-0.2, -0.15) is 5.26 Å². The highest BCUT2D eigenvalue weighted by Crippen LogP contribution is 2.12. The number of nitriles is 1. The molecule has 0 fully saturated rings. The van der Waals surface area contributed by atoms with E-state index in [1.807, 2.05) is 19.9 Å². The van der Waals surface area contributed by atoms with Crippen molar-refractivity contribution < 1.29 is 9.52 Å². The predicted octanol–water partition coefficient (Wildman–Crippen LogP) is 1.26. The van der Waals surface area contributed by atoms with E-state index in [1.165, 1.54) is 0 Å². The zero-order valence-corrected chi connectivity index (χ0v) is 9.08. The Morgan fingerprint density at radius 1 is 1.53 bits per heavy atom. The van der Waals surface area contributed by atoms with Crippen LogP contribution in [0.1, 0.15) is 25.4 Å². The van der Waals surface area contributed by atoms with E-state index in [-0.39, 0.29) is 12.0 Å². The Morgan fingerprint density at radius 2 is 2.27 bits per heavy atom. The molecule has 1 heterocycles. The molecule has 0 atom stereocenters. The fourth-order valence-electron chi connectivity index (χ4n) is 1.11. The van der Waals surface area contributed by atoms with E-state index >= 15 is 0 Å². The predicted molar refractivity (Wildman–Crippen MR) is 56.0 cm³/mol. The first kappa shape index (κ1) is 11.8. The van der Waals surface area contributed by atoms with Crippen molar-refractivity contribution in [2.75, 3.05) is 13.2 Å². The zero-order valence-electron chi connectivity index (χ0n) is 9.08. The molecule has 0 aliphatic carbocycles. The van der Waals surface area contributed by atoms with E-state index < -0.39 is 0 Å².